The first-order chi connectivity index (χ1) is 5.24. The third-order valence-electron chi connectivity index (χ3n) is 1.82. The lowest BCUT2D eigenvalue weighted by atomic mass is 10.0. The Morgan fingerprint density at radius 3 is 3.09 bits per heavy atom. The standard InChI is InChI=1S/C8H12O3/c1-6-4-11-5-7(6)3-8(9)10-2/h7H,1,3-5H2,2H3. The second-order valence-corrected chi connectivity index (χ2v) is 2.65. The Labute approximate surface area is 66.0 Å². The summed E-state index contributed by atoms with van der Waals surface area (Å²) in [5, 5.41) is 0. The molecule has 1 atom stereocenters. The molecule has 0 aromatic carbocycles. The van der Waals surface area contributed by atoms with Crippen molar-refractivity contribution in [1.82, 2.24) is 0 Å². The molecule has 1 aliphatic rings. The zero-order chi connectivity index (χ0) is 8.27. The molecule has 0 aliphatic carbocycles. The highest BCUT2D eigenvalue weighted by Gasteiger charge is 2.22. The molecule has 0 aromatic heterocycles. The van der Waals surface area contributed by atoms with Crippen LogP contribution in [0.15, 0.2) is 12.2 Å². The van der Waals surface area contributed by atoms with Gasteiger partial charge in [-0.25, -0.2) is 0 Å². The second kappa shape index (κ2) is 3.53. The molecule has 1 unspecified atom stereocenters. The molecule has 62 valence electrons. The van der Waals surface area contributed by atoms with Crippen molar-refractivity contribution in [1.29, 1.82) is 0 Å². The van der Waals surface area contributed by atoms with Crippen molar-refractivity contribution in [3.05, 3.63) is 12.2 Å². The number of ether oxygens (including phenoxy) is 2. The normalized spacial score (nSPS) is 23.7. The molecule has 0 saturated carbocycles. The molecule has 3 heteroatoms. The molecule has 1 saturated heterocycles. The van der Waals surface area contributed by atoms with Gasteiger partial charge in [0.25, 0.3) is 0 Å². The van der Waals surface area contributed by atoms with Gasteiger partial charge in [0, 0.05) is 5.92 Å². The van der Waals surface area contributed by atoms with Crippen LogP contribution in [0.5, 0.6) is 0 Å². The molecular weight excluding hydrogens is 144 g/mol. The number of methoxy groups -OCH3 is 1. The van der Waals surface area contributed by atoms with Crippen LogP contribution in [0.25, 0.3) is 0 Å². The highest BCUT2D eigenvalue weighted by atomic mass is 16.5. The molecule has 0 aromatic rings. The fourth-order valence-corrected chi connectivity index (χ4v) is 1.06. The summed E-state index contributed by atoms with van der Waals surface area (Å²) in [6.45, 7) is 4.98. The van der Waals surface area contributed by atoms with Crippen LogP contribution in [0.4, 0.5) is 0 Å². The molecule has 3 nitrogen and oxygen atoms in total. The van der Waals surface area contributed by atoms with Crippen molar-refractivity contribution < 1.29 is 14.3 Å². The fraction of sp³-hybridized carbons (Fsp3) is 0.625. The number of hydrogen-bond donors (Lipinski definition) is 0. The molecule has 0 radical (unpaired) electrons. The van der Waals surface area contributed by atoms with Gasteiger partial charge >= 0.3 is 5.97 Å². The predicted molar refractivity (Wildman–Crippen MR) is 40.1 cm³/mol. The van der Waals surface area contributed by atoms with E-state index in [1.807, 2.05) is 0 Å². The van der Waals surface area contributed by atoms with Crippen molar-refractivity contribution in [2.45, 2.75) is 6.42 Å². The summed E-state index contributed by atoms with van der Waals surface area (Å²) in [4.78, 5) is 10.8. The maximum atomic E-state index is 10.8. The number of carbonyl (C=O) groups is 1. The predicted octanol–water partition coefficient (Wildman–Crippen LogP) is 0.752. The fourth-order valence-electron chi connectivity index (χ4n) is 1.06. The second-order valence-electron chi connectivity index (χ2n) is 2.65. The van der Waals surface area contributed by atoms with Gasteiger partial charge < -0.3 is 9.47 Å². The zero-order valence-electron chi connectivity index (χ0n) is 6.63. The third kappa shape index (κ3) is 2.05. The number of esters is 1. The van der Waals surface area contributed by atoms with Crippen LogP contribution >= 0.6 is 0 Å². The highest BCUT2D eigenvalue weighted by molar-refractivity contribution is 5.70. The quantitative estimate of drug-likeness (QED) is 0.437. The zero-order valence-corrected chi connectivity index (χ0v) is 6.63. The van der Waals surface area contributed by atoms with E-state index in [4.69, 9.17) is 4.74 Å². The van der Waals surface area contributed by atoms with E-state index >= 15 is 0 Å². The van der Waals surface area contributed by atoms with E-state index in [0.29, 0.717) is 19.6 Å². The summed E-state index contributed by atoms with van der Waals surface area (Å²) in [6, 6.07) is 0. The number of rotatable bonds is 2. The Bertz CT molecular complexity index is 174. The monoisotopic (exact) mass is 156 g/mol. The molecule has 0 bridgehead atoms. The molecule has 1 rings (SSSR count). The van der Waals surface area contributed by atoms with Crippen LogP contribution in [0, 0.1) is 5.92 Å². The van der Waals surface area contributed by atoms with Gasteiger partial charge in [0.1, 0.15) is 0 Å². The minimum atomic E-state index is -0.193. The molecule has 11 heavy (non-hydrogen) atoms. The maximum Gasteiger partial charge on any atom is 0.306 e. The van der Waals surface area contributed by atoms with Crippen molar-refractivity contribution >= 4 is 5.97 Å². The molecular formula is C8H12O3. The van der Waals surface area contributed by atoms with Crippen molar-refractivity contribution in [3.8, 4) is 0 Å². The van der Waals surface area contributed by atoms with Crippen molar-refractivity contribution in [3.63, 3.8) is 0 Å². The number of carbonyl (C=O) groups excluding carboxylic acids is 1. The first-order valence-electron chi connectivity index (χ1n) is 3.56. The van der Waals surface area contributed by atoms with E-state index in [-0.39, 0.29) is 11.9 Å². The summed E-state index contributed by atoms with van der Waals surface area (Å²) < 4.78 is 9.63. The lowest BCUT2D eigenvalue weighted by Crippen LogP contribution is -2.10. The highest BCUT2D eigenvalue weighted by Crippen LogP contribution is 2.21. The van der Waals surface area contributed by atoms with E-state index in [2.05, 4.69) is 11.3 Å². The molecule has 0 N–H and O–H groups in total. The van der Waals surface area contributed by atoms with Crippen molar-refractivity contribution in [2.75, 3.05) is 20.3 Å². The number of hydrogen-bond acceptors (Lipinski definition) is 3. The Morgan fingerprint density at radius 1 is 1.91 bits per heavy atom. The summed E-state index contributed by atoms with van der Waals surface area (Å²) >= 11 is 0. The summed E-state index contributed by atoms with van der Waals surface area (Å²) in [6.07, 6.45) is 0.398. The summed E-state index contributed by atoms with van der Waals surface area (Å²) in [7, 11) is 1.39. The van der Waals surface area contributed by atoms with E-state index < -0.39 is 0 Å². The topological polar surface area (TPSA) is 35.5 Å². The van der Waals surface area contributed by atoms with Crippen LogP contribution in [0.1, 0.15) is 6.42 Å². The molecule has 0 amide bonds. The average molecular weight is 156 g/mol. The van der Waals surface area contributed by atoms with Gasteiger partial charge in [-0.05, 0) is 5.57 Å². The largest absolute Gasteiger partial charge is 0.469 e. The molecule has 0 spiro atoms. The van der Waals surface area contributed by atoms with Crippen LogP contribution < -0.4 is 0 Å². The Kier molecular flexibility index (Phi) is 2.65. The minimum Gasteiger partial charge on any atom is -0.469 e. The van der Waals surface area contributed by atoms with Gasteiger partial charge in [-0.3, -0.25) is 4.79 Å². The Morgan fingerprint density at radius 2 is 2.64 bits per heavy atom. The Hall–Kier alpha value is -0.830. The minimum absolute atomic E-state index is 0.169. The third-order valence-corrected chi connectivity index (χ3v) is 1.82. The van der Waals surface area contributed by atoms with E-state index in [9.17, 15) is 4.79 Å². The van der Waals surface area contributed by atoms with Gasteiger partial charge in [0.15, 0.2) is 0 Å². The first kappa shape index (κ1) is 8.27. The van der Waals surface area contributed by atoms with Gasteiger partial charge in [-0.15, -0.1) is 0 Å². The van der Waals surface area contributed by atoms with E-state index in [0.717, 1.165) is 5.57 Å². The Balaban J connectivity index is 2.36. The van der Waals surface area contributed by atoms with Gasteiger partial charge in [-0.2, -0.15) is 0 Å². The average Bonchev–Trinajstić information content (AvgIpc) is 2.37. The van der Waals surface area contributed by atoms with Crippen LogP contribution in [0.3, 0.4) is 0 Å². The first-order valence-corrected chi connectivity index (χ1v) is 3.56. The SMILES string of the molecule is C=C1COCC1CC(=O)OC. The van der Waals surface area contributed by atoms with Gasteiger partial charge in [0.2, 0.25) is 0 Å². The van der Waals surface area contributed by atoms with E-state index in [1.165, 1.54) is 7.11 Å². The molecule has 1 heterocycles. The lowest BCUT2D eigenvalue weighted by Gasteiger charge is -2.05. The summed E-state index contributed by atoms with van der Waals surface area (Å²) in [5.41, 5.74) is 0.996. The summed E-state index contributed by atoms with van der Waals surface area (Å²) in [5.74, 6) is -0.0240. The van der Waals surface area contributed by atoms with Crippen LogP contribution in [-0.4, -0.2) is 26.3 Å². The lowest BCUT2D eigenvalue weighted by molar-refractivity contribution is -0.141. The smallest absolute Gasteiger partial charge is 0.306 e. The van der Waals surface area contributed by atoms with Crippen LogP contribution in [0.2, 0.25) is 0 Å². The molecule has 1 fully saturated rings. The maximum absolute atomic E-state index is 10.8. The molecule has 1 aliphatic heterocycles. The van der Waals surface area contributed by atoms with Gasteiger partial charge in [-0.1, -0.05) is 6.58 Å². The van der Waals surface area contributed by atoms with E-state index in [1.54, 1.807) is 0 Å². The van der Waals surface area contributed by atoms with Gasteiger partial charge in [0.05, 0.1) is 26.7 Å². The van der Waals surface area contributed by atoms with Crippen molar-refractivity contribution in [2.24, 2.45) is 5.92 Å². The van der Waals surface area contributed by atoms with Crippen LogP contribution in [-0.2, 0) is 14.3 Å².